The van der Waals surface area contributed by atoms with Crippen LogP contribution in [0.5, 0.6) is 0 Å². The highest BCUT2D eigenvalue weighted by Crippen LogP contribution is 2.41. The molecule has 2 fully saturated rings. The number of hydrogen-bond acceptors (Lipinski definition) is 3. The third-order valence-electron chi connectivity index (χ3n) is 4.11. The summed E-state index contributed by atoms with van der Waals surface area (Å²) in [4.78, 5) is 0. The van der Waals surface area contributed by atoms with Crippen molar-refractivity contribution in [2.45, 2.75) is 68.8 Å². The van der Waals surface area contributed by atoms with Crippen LogP contribution in [0.15, 0.2) is 0 Å². The first-order valence-corrected chi connectivity index (χ1v) is 8.26. The molecular weight excluding hydrogens is 234 g/mol. The first-order valence-electron chi connectivity index (χ1n) is 6.88. The zero-order valence-corrected chi connectivity index (χ0v) is 11.6. The van der Waals surface area contributed by atoms with Crippen molar-refractivity contribution in [2.24, 2.45) is 5.73 Å². The smallest absolute Gasteiger partial charge is 0.0694 e. The summed E-state index contributed by atoms with van der Waals surface area (Å²) in [7, 11) is -0.709. The van der Waals surface area contributed by atoms with Crippen LogP contribution in [-0.2, 0) is 15.5 Å². The number of rotatable bonds is 4. The Bertz CT molecular complexity index is 275. The molecule has 2 rings (SSSR count). The van der Waals surface area contributed by atoms with E-state index in [1.807, 2.05) is 6.92 Å². The van der Waals surface area contributed by atoms with Gasteiger partial charge in [0.15, 0.2) is 0 Å². The van der Waals surface area contributed by atoms with Crippen molar-refractivity contribution in [3.05, 3.63) is 0 Å². The molecule has 1 spiro atoms. The Labute approximate surface area is 107 Å². The van der Waals surface area contributed by atoms with Gasteiger partial charge in [0, 0.05) is 34.5 Å². The minimum atomic E-state index is -0.709. The van der Waals surface area contributed by atoms with Crippen LogP contribution in [0.4, 0.5) is 0 Å². The Morgan fingerprint density at radius 2 is 2.18 bits per heavy atom. The van der Waals surface area contributed by atoms with Gasteiger partial charge in [0.1, 0.15) is 0 Å². The van der Waals surface area contributed by atoms with Crippen molar-refractivity contribution >= 4 is 10.8 Å². The fraction of sp³-hybridized carbons (Fsp3) is 1.00. The zero-order valence-electron chi connectivity index (χ0n) is 10.8. The van der Waals surface area contributed by atoms with E-state index in [2.05, 4.69) is 0 Å². The van der Waals surface area contributed by atoms with Gasteiger partial charge < -0.3 is 10.5 Å². The van der Waals surface area contributed by atoms with Crippen LogP contribution in [0.25, 0.3) is 0 Å². The summed E-state index contributed by atoms with van der Waals surface area (Å²) in [5, 5.41) is 0.348. The molecule has 2 aliphatic rings. The summed E-state index contributed by atoms with van der Waals surface area (Å²) in [6.45, 7) is 2.79. The van der Waals surface area contributed by atoms with Gasteiger partial charge in [-0.05, 0) is 39.0 Å². The summed E-state index contributed by atoms with van der Waals surface area (Å²) >= 11 is 0. The van der Waals surface area contributed by atoms with E-state index in [1.54, 1.807) is 0 Å². The largest absolute Gasteiger partial charge is 0.375 e. The second-order valence-corrected chi connectivity index (χ2v) is 7.54. The van der Waals surface area contributed by atoms with Gasteiger partial charge >= 0.3 is 0 Å². The Morgan fingerprint density at radius 3 is 2.82 bits per heavy atom. The molecule has 0 aromatic carbocycles. The SMILES string of the molecule is CC(N)CCS(=O)C1CCOC2(CCCC2)C1. The molecule has 0 amide bonds. The molecule has 1 heterocycles. The van der Waals surface area contributed by atoms with E-state index in [9.17, 15) is 4.21 Å². The molecule has 2 N–H and O–H groups in total. The maximum Gasteiger partial charge on any atom is 0.0694 e. The number of ether oxygens (including phenoxy) is 1. The summed E-state index contributed by atoms with van der Waals surface area (Å²) in [6, 6.07) is 0.166. The van der Waals surface area contributed by atoms with E-state index in [0.29, 0.717) is 5.25 Å². The molecule has 1 saturated heterocycles. The molecule has 3 unspecified atom stereocenters. The summed E-state index contributed by atoms with van der Waals surface area (Å²) in [5.74, 6) is 0.762. The second-order valence-electron chi connectivity index (χ2n) is 5.70. The van der Waals surface area contributed by atoms with Gasteiger partial charge in [-0.1, -0.05) is 12.8 Å². The van der Waals surface area contributed by atoms with Crippen molar-refractivity contribution in [1.29, 1.82) is 0 Å². The number of nitrogens with two attached hydrogens (primary N) is 1. The highest BCUT2D eigenvalue weighted by Gasteiger charge is 2.41. The quantitative estimate of drug-likeness (QED) is 0.839. The van der Waals surface area contributed by atoms with Crippen molar-refractivity contribution in [2.75, 3.05) is 12.4 Å². The predicted molar refractivity (Wildman–Crippen MR) is 71.4 cm³/mol. The van der Waals surface area contributed by atoms with E-state index in [0.717, 1.165) is 31.6 Å². The van der Waals surface area contributed by atoms with Crippen molar-refractivity contribution in [1.82, 2.24) is 0 Å². The molecule has 0 radical (unpaired) electrons. The molecule has 0 aromatic rings. The minimum absolute atomic E-state index is 0.0902. The lowest BCUT2D eigenvalue weighted by Gasteiger charge is -2.37. The van der Waals surface area contributed by atoms with Crippen LogP contribution in [0.1, 0.15) is 51.9 Å². The van der Waals surface area contributed by atoms with Crippen LogP contribution in [0.3, 0.4) is 0 Å². The van der Waals surface area contributed by atoms with Crippen LogP contribution >= 0.6 is 0 Å². The van der Waals surface area contributed by atoms with E-state index in [4.69, 9.17) is 10.5 Å². The van der Waals surface area contributed by atoms with Gasteiger partial charge in [-0.3, -0.25) is 4.21 Å². The fourth-order valence-electron chi connectivity index (χ4n) is 3.04. The Balaban J connectivity index is 1.86. The molecular formula is C13H25NO2S. The lowest BCUT2D eigenvalue weighted by molar-refractivity contribution is -0.0708. The van der Waals surface area contributed by atoms with Gasteiger partial charge in [0.25, 0.3) is 0 Å². The monoisotopic (exact) mass is 259 g/mol. The third kappa shape index (κ3) is 3.52. The molecule has 0 bridgehead atoms. The van der Waals surface area contributed by atoms with Crippen molar-refractivity contribution in [3.8, 4) is 0 Å². The van der Waals surface area contributed by atoms with Gasteiger partial charge in [-0.2, -0.15) is 0 Å². The molecule has 3 atom stereocenters. The van der Waals surface area contributed by atoms with Crippen molar-refractivity contribution in [3.63, 3.8) is 0 Å². The van der Waals surface area contributed by atoms with Gasteiger partial charge in [0.2, 0.25) is 0 Å². The lowest BCUT2D eigenvalue weighted by Crippen LogP contribution is -2.41. The topological polar surface area (TPSA) is 52.3 Å². The zero-order chi connectivity index (χ0) is 12.3. The lowest BCUT2D eigenvalue weighted by atomic mass is 9.92. The Hall–Kier alpha value is 0.0700. The third-order valence-corrected chi connectivity index (χ3v) is 5.89. The van der Waals surface area contributed by atoms with Crippen LogP contribution in [0.2, 0.25) is 0 Å². The van der Waals surface area contributed by atoms with E-state index in [-0.39, 0.29) is 11.6 Å². The van der Waals surface area contributed by atoms with Gasteiger partial charge in [-0.25, -0.2) is 0 Å². The van der Waals surface area contributed by atoms with Gasteiger partial charge in [-0.15, -0.1) is 0 Å². The van der Waals surface area contributed by atoms with Crippen LogP contribution in [0, 0.1) is 0 Å². The fourth-order valence-corrected chi connectivity index (χ4v) is 4.83. The molecule has 3 nitrogen and oxygen atoms in total. The molecule has 1 saturated carbocycles. The van der Waals surface area contributed by atoms with Gasteiger partial charge in [0.05, 0.1) is 5.60 Å². The van der Waals surface area contributed by atoms with Crippen molar-refractivity contribution < 1.29 is 8.95 Å². The molecule has 17 heavy (non-hydrogen) atoms. The van der Waals surface area contributed by atoms with E-state index < -0.39 is 10.8 Å². The summed E-state index contributed by atoms with van der Waals surface area (Å²) < 4.78 is 18.2. The van der Waals surface area contributed by atoms with E-state index in [1.165, 1.54) is 25.7 Å². The summed E-state index contributed by atoms with van der Waals surface area (Å²) in [6.07, 6.45) is 7.75. The summed E-state index contributed by atoms with van der Waals surface area (Å²) in [5.41, 5.74) is 5.82. The maximum absolute atomic E-state index is 12.2. The molecule has 100 valence electrons. The molecule has 1 aliphatic carbocycles. The van der Waals surface area contributed by atoms with Crippen LogP contribution in [-0.4, -0.2) is 33.5 Å². The average molecular weight is 259 g/mol. The highest BCUT2D eigenvalue weighted by molar-refractivity contribution is 7.85. The molecule has 0 aromatic heterocycles. The second kappa shape index (κ2) is 5.81. The predicted octanol–water partition coefficient (Wildman–Crippen LogP) is 1.96. The standard InChI is InChI=1S/C13H25NO2S/c1-11(14)5-9-17(15)12-4-8-16-13(10-12)6-2-3-7-13/h11-12H,2-10,14H2,1H3. The highest BCUT2D eigenvalue weighted by atomic mass is 32.2. The normalized spacial score (nSPS) is 31.5. The maximum atomic E-state index is 12.2. The average Bonchev–Trinajstić information content (AvgIpc) is 2.74. The molecule has 1 aliphatic heterocycles. The number of hydrogen-bond donors (Lipinski definition) is 1. The first kappa shape index (κ1) is 13.5. The van der Waals surface area contributed by atoms with Crippen LogP contribution < -0.4 is 5.73 Å². The first-order chi connectivity index (χ1) is 8.11. The molecule has 4 heteroatoms. The minimum Gasteiger partial charge on any atom is -0.375 e. The van der Waals surface area contributed by atoms with E-state index >= 15 is 0 Å². The Morgan fingerprint density at radius 1 is 1.47 bits per heavy atom. The Kier molecular flexibility index (Phi) is 4.61.